The number of aliphatic carboxylic acids is 1. The number of aryl methyl sites for hydroxylation is 1. The van der Waals surface area contributed by atoms with Gasteiger partial charge in [0.2, 0.25) is 0 Å². The zero-order chi connectivity index (χ0) is 10.6. The van der Waals surface area contributed by atoms with Gasteiger partial charge in [0.25, 0.3) is 0 Å². The second-order valence-corrected chi connectivity index (χ2v) is 4.14. The molecule has 1 heterocycles. The van der Waals surface area contributed by atoms with Crippen molar-refractivity contribution >= 4 is 17.3 Å². The van der Waals surface area contributed by atoms with Crippen LogP contribution in [0.1, 0.15) is 29.8 Å². The minimum Gasteiger partial charge on any atom is -0.480 e. The Morgan fingerprint density at radius 2 is 2.43 bits per heavy atom. The summed E-state index contributed by atoms with van der Waals surface area (Å²) >= 11 is 1.49. The van der Waals surface area contributed by atoms with Gasteiger partial charge in [-0.1, -0.05) is 6.92 Å². The maximum atomic E-state index is 11.0. The minimum absolute atomic E-state index is 0.546. The Labute approximate surface area is 87.8 Å². The molecule has 1 aromatic rings. The van der Waals surface area contributed by atoms with Crippen LogP contribution in [-0.4, -0.2) is 17.6 Å². The average Bonchev–Trinajstić information content (AvgIpc) is 2.52. The van der Waals surface area contributed by atoms with Crippen molar-refractivity contribution in [3.05, 3.63) is 21.9 Å². The number of nitrogens with one attached hydrogen (secondary N) is 1. The van der Waals surface area contributed by atoms with Gasteiger partial charge in [-0.3, -0.25) is 4.79 Å². The molecule has 0 aliphatic rings. The molecule has 0 aliphatic carbocycles. The van der Waals surface area contributed by atoms with Gasteiger partial charge in [0.05, 0.1) is 0 Å². The van der Waals surface area contributed by atoms with Crippen molar-refractivity contribution in [1.82, 2.24) is 5.32 Å². The zero-order valence-corrected chi connectivity index (χ0v) is 9.23. The third kappa shape index (κ3) is 2.56. The smallest absolute Gasteiger partial charge is 0.326 e. The Kier molecular flexibility index (Phi) is 4.10. The van der Waals surface area contributed by atoms with Crippen LogP contribution in [0.25, 0.3) is 0 Å². The summed E-state index contributed by atoms with van der Waals surface area (Å²) in [5.74, 6) is -0.802. The molecule has 14 heavy (non-hydrogen) atoms. The highest BCUT2D eigenvalue weighted by Gasteiger charge is 2.21. The molecule has 78 valence electrons. The summed E-state index contributed by atoms with van der Waals surface area (Å²) < 4.78 is 0. The first kappa shape index (κ1) is 11.2. The summed E-state index contributed by atoms with van der Waals surface area (Å²) in [7, 11) is 0. The van der Waals surface area contributed by atoms with E-state index >= 15 is 0 Å². The fourth-order valence-corrected chi connectivity index (χ4v) is 2.25. The van der Waals surface area contributed by atoms with Crippen LogP contribution in [0, 0.1) is 6.92 Å². The number of hydrogen-bond donors (Lipinski definition) is 2. The van der Waals surface area contributed by atoms with E-state index in [9.17, 15) is 4.79 Å². The number of hydrogen-bond acceptors (Lipinski definition) is 3. The molecule has 0 fully saturated rings. The van der Waals surface area contributed by atoms with E-state index in [-0.39, 0.29) is 0 Å². The lowest BCUT2D eigenvalue weighted by Crippen LogP contribution is -2.28. The van der Waals surface area contributed by atoms with Crippen molar-refractivity contribution in [3.63, 3.8) is 0 Å². The molecular weight excluding hydrogens is 198 g/mol. The molecular formula is C10H15NO2S. The third-order valence-corrected chi connectivity index (χ3v) is 3.09. The van der Waals surface area contributed by atoms with Crippen LogP contribution in [0.5, 0.6) is 0 Å². The molecule has 4 heteroatoms. The SMILES string of the molecule is CCCNC(C(=O)O)c1sccc1C. The van der Waals surface area contributed by atoms with Gasteiger partial charge in [-0.05, 0) is 36.9 Å². The summed E-state index contributed by atoms with van der Waals surface area (Å²) in [5, 5.41) is 14.0. The number of rotatable bonds is 5. The molecule has 0 saturated heterocycles. The van der Waals surface area contributed by atoms with Gasteiger partial charge in [0.15, 0.2) is 0 Å². The van der Waals surface area contributed by atoms with Crippen LogP contribution in [0.3, 0.4) is 0 Å². The molecule has 1 atom stereocenters. The summed E-state index contributed by atoms with van der Waals surface area (Å²) in [4.78, 5) is 11.9. The molecule has 1 rings (SSSR count). The molecule has 1 aromatic heterocycles. The Morgan fingerprint density at radius 1 is 1.71 bits per heavy atom. The number of thiophene rings is 1. The molecule has 3 nitrogen and oxygen atoms in total. The Bertz CT molecular complexity index is 309. The van der Waals surface area contributed by atoms with E-state index < -0.39 is 12.0 Å². The lowest BCUT2D eigenvalue weighted by atomic mass is 10.1. The highest BCUT2D eigenvalue weighted by molar-refractivity contribution is 7.10. The predicted octanol–water partition coefficient (Wildman–Crippen LogP) is 2.18. The van der Waals surface area contributed by atoms with Gasteiger partial charge in [-0.25, -0.2) is 0 Å². The summed E-state index contributed by atoms with van der Waals surface area (Å²) in [6.45, 7) is 4.69. The average molecular weight is 213 g/mol. The van der Waals surface area contributed by atoms with E-state index in [0.717, 1.165) is 23.4 Å². The summed E-state index contributed by atoms with van der Waals surface area (Å²) in [5.41, 5.74) is 1.05. The largest absolute Gasteiger partial charge is 0.480 e. The molecule has 0 bridgehead atoms. The monoisotopic (exact) mass is 213 g/mol. The molecule has 0 aromatic carbocycles. The normalized spacial score (nSPS) is 12.7. The maximum absolute atomic E-state index is 11.0. The molecule has 2 N–H and O–H groups in total. The van der Waals surface area contributed by atoms with E-state index in [1.807, 2.05) is 25.3 Å². The molecule has 0 aliphatic heterocycles. The number of carbonyl (C=O) groups is 1. The summed E-state index contributed by atoms with van der Waals surface area (Å²) in [6, 6.07) is 1.40. The molecule has 1 unspecified atom stereocenters. The van der Waals surface area contributed by atoms with Crippen molar-refractivity contribution in [3.8, 4) is 0 Å². The van der Waals surface area contributed by atoms with Crippen molar-refractivity contribution in [2.75, 3.05) is 6.54 Å². The first-order chi connectivity index (χ1) is 6.66. The van der Waals surface area contributed by atoms with E-state index in [0.29, 0.717) is 0 Å². The highest BCUT2D eigenvalue weighted by atomic mass is 32.1. The first-order valence-electron chi connectivity index (χ1n) is 4.67. The van der Waals surface area contributed by atoms with Gasteiger partial charge in [-0.15, -0.1) is 11.3 Å². The third-order valence-electron chi connectivity index (χ3n) is 2.01. The van der Waals surface area contributed by atoms with Crippen LogP contribution in [-0.2, 0) is 4.79 Å². The van der Waals surface area contributed by atoms with Gasteiger partial charge in [0, 0.05) is 4.88 Å². The van der Waals surface area contributed by atoms with Crippen LogP contribution >= 0.6 is 11.3 Å². The maximum Gasteiger partial charge on any atom is 0.326 e. The number of carboxylic acids is 1. The van der Waals surface area contributed by atoms with E-state index in [2.05, 4.69) is 5.32 Å². The minimum atomic E-state index is -0.802. The summed E-state index contributed by atoms with van der Waals surface area (Å²) in [6.07, 6.45) is 0.939. The van der Waals surface area contributed by atoms with Crippen LogP contribution in [0.4, 0.5) is 0 Å². The first-order valence-corrected chi connectivity index (χ1v) is 5.55. The quantitative estimate of drug-likeness (QED) is 0.788. The molecule has 0 radical (unpaired) electrons. The topological polar surface area (TPSA) is 49.3 Å². The molecule has 0 saturated carbocycles. The number of carboxylic acid groups (broad SMARTS) is 1. The Hall–Kier alpha value is -0.870. The Morgan fingerprint density at radius 3 is 2.86 bits per heavy atom. The van der Waals surface area contributed by atoms with Gasteiger partial charge in [0.1, 0.15) is 6.04 Å². The second kappa shape index (κ2) is 5.12. The van der Waals surface area contributed by atoms with Crippen molar-refractivity contribution in [2.24, 2.45) is 0 Å². The highest BCUT2D eigenvalue weighted by Crippen LogP contribution is 2.23. The lowest BCUT2D eigenvalue weighted by molar-refractivity contribution is -0.139. The lowest BCUT2D eigenvalue weighted by Gasteiger charge is -2.13. The molecule has 0 spiro atoms. The molecule has 0 amide bonds. The van der Waals surface area contributed by atoms with Crippen molar-refractivity contribution < 1.29 is 9.90 Å². The van der Waals surface area contributed by atoms with E-state index in [1.165, 1.54) is 11.3 Å². The van der Waals surface area contributed by atoms with Gasteiger partial charge in [-0.2, -0.15) is 0 Å². The fraction of sp³-hybridized carbons (Fsp3) is 0.500. The van der Waals surface area contributed by atoms with Crippen LogP contribution in [0.15, 0.2) is 11.4 Å². The van der Waals surface area contributed by atoms with E-state index in [4.69, 9.17) is 5.11 Å². The second-order valence-electron chi connectivity index (χ2n) is 3.19. The van der Waals surface area contributed by atoms with Crippen molar-refractivity contribution in [2.45, 2.75) is 26.3 Å². The Balaban J connectivity index is 2.78. The van der Waals surface area contributed by atoms with Crippen LogP contribution < -0.4 is 5.32 Å². The van der Waals surface area contributed by atoms with E-state index in [1.54, 1.807) is 0 Å². The standard InChI is InChI=1S/C10H15NO2S/c1-3-5-11-8(10(12)13)9-7(2)4-6-14-9/h4,6,8,11H,3,5H2,1-2H3,(H,12,13). The fourth-order valence-electron chi connectivity index (χ4n) is 1.26. The van der Waals surface area contributed by atoms with Gasteiger partial charge < -0.3 is 10.4 Å². The van der Waals surface area contributed by atoms with Crippen molar-refractivity contribution in [1.29, 1.82) is 0 Å². The predicted molar refractivity (Wildman–Crippen MR) is 57.7 cm³/mol. The van der Waals surface area contributed by atoms with Crippen LogP contribution in [0.2, 0.25) is 0 Å². The van der Waals surface area contributed by atoms with Gasteiger partial charge >= 0.3 is 5.97 Å². The zero-order valence-electron chi connectivity index (χ0n) is 8.41.